The Labute approximate surface area is 127 Å². The molecule has 0 radical (unpaired) electrons. The summed E-state index contributed by atoms with van der Waals surface area (Å²) in [5, 5.41) is 1.35. The molecule has 0 aliphatic heterocycles. The summed E-state index contributed by atoms with van der Waals surface area (Å²) in [5.41, 5.74) is 0. The Kier molecular flexibility index (Phi) is 5.18. The predicted octanol–water partition coefficient (Wildman–Crippen LogP) is 3.90. The van der Waals surface area contributed by atoms with E-state index >= 15 is 0 Å². The van der Waals surface area contributed by atoms with E-state index in [1.807, 2.05) is 12.1 Å². The first kappa shape index (κ1) is 15.5. The van der Waals surface area contributed by atoms with Gasteiger partial charge in [0.25, 0.3) is 9.05 Å². The van der Waals surface area contributed by atoms with E-state index in [-0.39, 0.29) is 4.90 Å². The van der Waals surface area contributed by atoms with Crippen molar-refractivity contribution in [2.75, 3.05) is 18.1 Å². The van der Waals surface area contributed by atoms with Crippen LogP contribution in [0.5, 0.6) is 5.75 Å². The highest BCUT2D eigenvalue weighted by Crippen LogP contribution is 2.32. The molecule has 0 saturated heterocycles. The zero-order valence-corrected chi connectivity index (χ0v) is 13.4. The molecule has 0 fully saturated rings. The van der Waals surface area contributed by atoms with Crippen molar-refractivity contribution >= 4 is 42.3 Å². The van der Waals surface area contributed by atoms with Gasteiger partial charge in [-0.2, -0.15) is 11.8 Å². The van der Waals surface area contributed by atoms with Gasteiger partial charge in [0, 0.05) is 27.2 Å². The monoisotopic (exact) mass is 330 g/mol. The second-order valence-electron chi connectivity index (χ2n) is 4.09. The average Bonchev–Trinajstić information content (AvgIpc) is 2.42. The van der Waals surface area contributed by atoms with Crippen LogP contribution in [0.25, 0.3) is 10.8 Å². The molecule has 0 aromatic heterocycles. The molecule has 0 saturated carbocycles. The van der Waals surface area contributed by atoms with Gasteiger partial charge in [-0.25, -0.2) is 8.42 Å². The Morgan fingerprint density at radius 2 is 1.85 bits per heavy atom. The van der Waals surface area contributed by atoms with Crippen LogP contribution in [0.15, 0.2) is 41.3 Å². The highest BCUT2D eigenvalue weighted by atomic mass is 35.7. The third-order valence-corrected chi connectivity index (χ3v) is 5.04. The summed E-state index contributed by atoms with van der Waals surface area (Å²) >= 11 is 1.80. The van der Waals surface area contributed by atoms with Crippen molar-refractivity contribution < 1.29 is 13.2 Å². The summed E-state index contributed by atoms with van der Waals surface area (Å²) in [5.74, 6) is 2.63. The zero-order chi connectivity index (χ0) is 14.6. The highest BCUT2D eigenvalue weighted by Gasteiger charge is 2.16. The highest BCUT2D eigenvalue weighted by molar-refractivity contribution is 8.14. The second kappa shape index (κ2) is 6.70. The number of halogens is 1. The van der Waals surface area contributed by atoms with Gasteiger partial charge in [0.05, 0.1) is 11.5 Å². The minimum Gasteiger partial charge on any atom is -0.492 e. The van der Waals surface area contributed by atoms with E-state index in [1.165, 1.54) is 6.07 Å². The molecule has 0 atom stereocenters. The summed E-state index contributed by atoms with van der Waals surface area (Å²) in [4.78, 5) is 0.116. The molecule has 0 amide bonds. The molecule has 0 unspecified atom stereocenters. The first-order chi connectivity index (χ1) is 9.54. The molecule has 0 bridgehead atoms. The lowest BCUT2D eigenvalue weighted by Crippen LogP contribution is -2.02. The van der Waals surface area contributed by atoms with Gasteiger partial charge < -0.3 is 4.74 Å². The summed E-state index contributed by atoms with van der Waals surface area (Å²) in [6, 6.07) is 10.4. The molecular formula is C14H15ClO3S2. The van der Waals surface area contributed by atoms with Crippen molar-refractivity contribution in [3.8, 4) is 5.75 Å². The first-order valence-corrected chi connectivity index (χ1v) is 9.67. The molecule has 108 valence electrons. The Morgan fingerprint density at radius 1 is 1.15 bits per heavy atom. The van der Waals surface area contributed by atoms with E-state index < -0.39 is 9.05 Å². The third kappa shape index (κ3) is 3.59. The normalized spacial score (nSPS) is 11.7. The minimum absolute atomic E-state index is 0.116. The van der Waals surface area contributed by atoms with Gasteiger partial charge in [0.1, 0.15) is 5.75 Å². The molecular weight excluding hydrogens is 316 g/mol. The first-order valence-electron chi connectivity index (χ1n) is 6.21. The van der Waals surface area contributed by atoms with Crippen molar-refractivity contribution in [3.63, 3.8) is 0 Å². The zero-order valence-electron chi connectivity index (χ0n) is 11.0. The summed E-state index contributed by atoms with van der Waals surface area (Å²) in [6.45, 7) is 2.69. The molecule has 0 N–H and O–H groups in total. The van der Waals surface area contributed by atoms with Crippen LogP contribution in [-0.2, 0) is 9.05 Å². The Bertz CT molecular complexity index is 699. The van der Waals surface area contributed by atoms with Gasteiger partial charge in [-0.15, -0.1) is 0 Å². The van der Waals surface area contributed by atoms with E-state index in [1.54, 1.807) is 30.0 Å². The lowest BCUT2D eigenvalue weighted by atomic mass is 10.1. The SMILES string of the molecule is CCSCCOc1ccc(S(=O)(=O)Cl)c2ccccc12. The fourth-order valence-electron chi connectivity index (χ4n) is 1.94. The summed E-state index contributed by atoms with van der Waals surface area (Å²) < 4.78 is 28.9. The Balaban J connectivity index is 2.39. The van der Waals surface area contributed by atoms with Crippen molar-refractivity contribution in [2.24, 2.45) is 0 Å². The smallest absolute Gasteiger partial charge is 0.261 e. The van der Waals surface area contributed by atoms with E-state index in [0.29, 0.717) is 17.7 Å². The van der Waals surface area contributed by atoms with Crippen LogP contribution < -0.4 is 4.74 Å². The van der Waals surface area contributed by atoms with Crippen LogP contribution in [0.1, 0.15) is 6.92 Å². The number of hydrogen-bond donors (Lipinski definition) is 0. The maximum absolute atomic E-state index is 11.6. The fourth-order valence-corrected chi connectivity index (χ4v) is 3.50. The molecule has 2 aromatic carbocycles. The Hall–Kier alpha value is -0.910. The van der Waals surface area contributed by atoms with E-state index in [9.17, 15) is 8.42 Å². The molecule has 0 aliphatic carbocycles. The van der Waals surface area contributed by atoms with Crippen LogP contribution in [0.3, 0.4) is 0 Å². The molecule has 20 heavy (non-hydrogen) atoms. The van der Waals surface area contributed by atoms with Crippen LogP contribution >= 0.6 is 22.4 Å². The van der Waals surface area contributed by atoms with E-state index in [2.05, 4.69) is 6.92 Å². The number of ether oxygens (including phenoxy) is 1. The maximum Gasteiger partial charge on any atom is 0.261 e. The quantitative estimate of drug-likeness (QED) is 0.595. The standard InChI is InChI=1S/C14H15ClO3S2/c1-2-19-10-9-18-13-7-8-14(20(15,16)17)12-6-4-3-5-11(12)13/h3-8H,2,9-10H2,1H3. The number of fused-ring (bicyclic) bond motifs is 1. The van der Waals surface area contributed by atoms with Crippen LogP contribution in [-0.4, -0.2) is 26.5 Å². The van der Waals surface area contributed by atoms with Crippen molar-refractivity contribution in [2.45, 2.75) is 11.8 Å². The van der Waals surface area contributed by atoms with Gasteiger partial charge >= 0.3 is 0 Å². The average molecular weight is 331 g/mol. The minimum atomic E-state index is -3.76. The van der Waals surface area contributed by atoms with E-state index in [0.717, 1.165) is 16.9 Å². The second-order valence-corrected chi connectivity index (χ2v) is 8.02. The maximum atomic E-state index is 11.6. The number of thioether (sulfide) groups is 1. The van der Waals surface area contributed by atoms with Gasteiger partial charge in [-0.1, -0.05) is 31.2 Å². The molecule has 2 rings (SSSR count). The molecule has 6 heteroatoms. The Morgan fingerprint density at radius 3 is 2.50 bits per heavy atom. The van der Waals surface area contributed by atoms with Crippen LogP contribution in [0.4, 0.5) is 0 Å². The van der Waals surface area contributed by atoms with Crippen molar-refractivity contribution in [3.05, 3.63) is 36.4 Å². The van der Waals surface area contributed by atoms with Gasteiger partial charge in [0.15, 0.2) is 0 Å². The van der Waals surface area contributed by atoms with Crippen LogP contribution in [0, 0.1) is 0 Å². The summed E-state index contributed by atoms with van der Waals surface area (Å²) in [7, 11) is 1.70. The lowest BCUT2D eigenvalue weighted by molar-refractivity contribution is 0.348. The summed E-state index contributed by atoms with van der Waals surface area (Å²) in [6.07, 6.45) is 0. The molecule has 2 aromatic rings. The lowest BCUT2D eigenvalue weighted by Gasteiger charge is -2.11. The molecule has 0 spiro atoms. The molecule has 3 nitrogen and oxygen atoms in total. The van der Waals surface area contributed by atoms with Gasteiger partial charge in [-0.3, -0.25) is 0 Å². The number of benzene rings is 2. The largest absolute Gasteiger partial charge is 0.492 e. The van der Waals surface area contributed by atoms with Gasteiger partial charge in [0.2, 0.25) is 0 Å². The topological polar surface area (TPSA) is 43.4 Å². The van der Waals surface area contributed by atoms with E-state index in [4.69, 9.17) is 15.4 Å². The van der Waals surface area contributed by atoms with Crippen molar-refractivity contribution in [1.29, 1.82) is 0 Å². The molecule has 0 heterocycles. The van der Waals surface area contributed by atoms with Gasteiger partial charge in [-0.05, 0) is 17.9 Å². The van der Waals surface area contributed by atoms with Crippen molar-refractivity contribution in [1.82, 2.24) is 0 Å². The number of hydrogen-bond acceptors (Lipinski definition) is 4. The number of rotatable bonds is 6. The fraction of sp³-hybridized carbons (Fsp3) is 0.286. The molecule has 0 aliphatic rings. The van der Waals surface area contributed by atoms with Crippen LogP contribution in [0.2, 0.25) is 0 Å². The third-order valence-electron chi connectivity index (χ3n) is 2.80. The predicted molar refractivity (Wildman–Crippen MR) is 85.5 cm³/mol.